The third-order valence-electron chi connectivity index (χ3n) is 3.50. The van der Waals surface area contributed by atoms with Crippen LogP contribution >= 0.6 is 11.8 Å². The third kappa shape index (κ3) is 4.82. The molecule has 1 heterocycles. The highest BCUT2D eigenvalue weighted by atomic mass is 32.2. The summed E-state index contributed by atoms with van der Waals surface area (Å²) in [4.78, 5) is 12.0. The molecule has 1 N–H and O–H groups in total. The predicted molar refractivity (Wildman–Crippen MR) is 97.5 cm³/mol. The molecular formula is C18H17FN4O2S. The number of benzene rings is 2. The minimum absolute atomic E-state index is 0.170. The number of hydrogen-bond acceptors (Lipinski definition) is 5. The van der Waals surface area contributed by atoms with Gasteiger partial charge in [0.15, 0.2) is 11.0 Å². The first-order chi connectivity index (χ1) is 12.6. The van der Waals surface area contributed by atoms with Gasteiger partial charge in [-0.05, 0) is 36.4 Å². The summed E-state index contributed by atoms with van der Waals surface area (Å²) < 4.78 is 20.3. The van der Waals surface area contributed by atoms with Gasteiger partial charge in [-0.1, -0.05) is 30.0 Å². The Labute approximate surface area is 154 Å². The van der Waals surface area contributed by atoms with Crippen molar-refractivity contribution in [2.75, 3.05) is 11.1 Å². The van der Waals surface area contributed by atoms with E-state index < -0.39 is 0 Å². The van der Waals surface area contributed by atoms with Crippen LogP contribution in [0.2, 0.25) is 0 Å². The fraction of sp³-hybridized carbons (Fsp3) is 0.167. The van der Waals surface area contributed by atoms with Gasteiger partial charge < -0.3 is 14.6 Å². The average molecular weight is 372 g/mol. The highest BCUT2D eigenvalue weighted by molar-refractivity contribution is 7.99. The van der Waals surface area contributed by atoms with Crippen molar-refractivity contribution in [3.05, 3.63) is 66.2 Å². The molecule has 0 radical (unpaired) electrons. The molecule has 0 saturated heterocycles. The zero-order valence-corrected chi connectivity index (χ0v) is 14.9. The quantitative estimate of drug-likeness (QED) is 0.645. The molecule has 0 unspecified atom stereocenters. The fourth-order valence-electron chi connectivity index (χ4n) is 2.12. The van der Waals surface area contributed by atoms with Gasteiger partial charge >= 0.3 is 0 Å². The minimum Gasteiger partial charge on any atom is -0.486 e. The van der Waals surface area contributed by atoms with Crippen molar-refractivity contribution < 1.29 is 13.9 Å². The van der Waals surface area contributed by atoms with E-state index in [0.717, 1.165) is 5.75 Å². The Bertz CT molecular complexity index is 869. The lowest BCUT2D eigenvalue weighted by molar-refractivity contribution is -0.113. The maximum atomic E-state index is 12.9. The van der Waals surface area contributed by atoms with Crippen LogP contribution in [0.3, 0.4) is 0 Å². The zero-order valence-electron chi connectivity index (χ0n) is 14.1. The Kier molecular flexibility index (Phi) is 5.85. The first kappa shape index (κ1) is 17.9. The molecule has 134 valence electrons. The van der Waals surface area contributed by atoms with E-state index in [1.165, 1.54) is 36.0 Å². The maximum absolute atomic E-state index is 12.9. The molecule has 3 rings (SSSR count). The van der Waals surface area contributed by atoms with Crippen LogP contribution < -0.4 is 10.1 Å². The number of anilines is 1. The molecule has 0 spiro atoms. The van der Waals surface area contributed by atoms with E-state index in [1.54, 1.807) is 4.57 Å². The molecule has 2 aromatic carbocycles. The Morgan fingerprint density at radius 2 is 1.88 bits per heavy atom. The number of para-hydroxylation sites is 1. The lowest BCUT2D eigenvalue weighted by Crippen LogP contribution is -2.14. The van der Waals surface area contributed by atoms with Gasteiger partial charge in [-0.3, -0.25) is 4.79 Å². The van der Waals surface area contributed by atoms with E-state index in [4.69, 9.17) is 4.74 Å². The number of thioether (sulfide) groups is 1. The number of halogens is 1. The standard InChI is InChI=1S/C18H17FN4O2S/c1-23-16(11-25-15-5-3-2-4-6-15)21-22-18(23)26-12-17(24)20-14-9-7-13(19)8-10-14/h2-10H,11-12H2,1H3,(H,20,24). The van der Waals surface area contributed by atoms with E-state index in [2.05, 4.69) is 15.5 Å². The molecule has 0 saturated carbocycles. The van der Waals surface area contributed by atoms with Crippen molar-refractivity contribution in [3.63, 3.8) is 0 Å². The summed E-state index contributed by atoms with van der Waals surface area (Å²) in [7, 11) is 1.82. The van der Waals surface area contributed by atoms with Gasteiger partial charge in [-0.2, -0.15) is 0 Å². The van der Waals surface area contributed by atoms with Gasteiger partial charge in [0.1, 0.15) is 18.2 Å². The number of nitrogens with one attached hydrogen (secondary N) is 1. The highest BCUT2D eigenvalue weighted by Crippen LogP contribution is 2.18. The van der Waals surface area contributed by atoms with Gasteiger partial charge in [0.05, 0.1) is 5.75 Å². The van der Waals surface area contributed by atoms with Crippen LogP contribution in [0.4, 0.5) is 10.1 Å². The molecule has 0 atom stereocenters. The molecule has 8 heteroatoms. The van der Waals surface area contributed by atoms with Gasteiger partial charge in [-0.25, -0.2) is 4.39 Å². The van der Waals surface area contributed by atoms with Crippen molar-refractivity contribution in [1.82, 2.24) is 14.8 Å². The monoisotopic (exact) mass is 372 g/mol. The van der Waals surface area contributed by atoms with Crippen molar-refractivity contribution in [2.45, 2.75) is 11.8 Å². The second-order valence-corrected chi connectivity index (χ2v) is 6.35. The van der Waals surface area contributed by atoms with Crippen LogP contribution in [0.15, 0.2) is 59.8 Å². The van der Waals surface area contributed by atoms with Crippen LogP contribution in [0.5, 0.6) is 5.75 Å². The first-order valence-corrected chi connectivity index (χ1v) is 8.85. The molecule has 0 fully saturated rings. The summed E-state index contributed by atoms with van der Waals surface area (Å²) >= 11 is 1.27. The lowest BCUT2D eigenvalue weighted by Gasteiger charge is -2.07. The Balaban J connectivity index is 1.51. The third-order valence-corrected chi connectivity index (χ3v) is 4.52. The van der Waals surface area contributed by atoms with Crippen LogP contribution in [-0.4, -0.2) is 26.4 Å². The first-order valence-electron chi connectivity index (χ1n) is 7.86. The number of rotatable bonds is 7. The van der Waals surface area contributed by atoms with E-state index in [-0.39, 0.29) is 24.1 Å². The number of carbonyl (C=O) groups is 1. The summed E-state index contributed by atoms with van der Waals surface area (Å²) in [5.41, 5.74) is 0.548. The lowest BCUT2D eigenvalue weighted by atomic mass is 10.3. The maximum Gasteiger partial charge on any atom is 0.234 e. The molecule has 0 bridgehead atoms. The average Bonchev–Trinajstić information content (AvgIpc) is 3.01. The van der Waals surface area contributed by atoms with Gasteiger partial charge in [-0.15, -0.1) is 10.2 Å². The van der Waals surface area contributed by atoms with Gasteiger partial charge in [0, 0.05) is 12.7 Å². The summed E-state index contributed by atoms with van der Waals surface area (Å²) in [6.07, 6.45) is 0. The Morgan fingerprint density at radius 3 is 2.62 bits per heavy atom. The zero-order chi connectivity index (χ0) is 18.4. The number of hydrogen-bond donors (Lipinski definition) is 1. The summed E-state index contributed by atoms with van der Waals surface area (Å²) in [6.45, 7) is 0.288. The van der Waals surface area contributed by atoms with Crippen LogP contribution in [0.1, 0.15) is 5.82 Å². The number of carbonyl (C=O) groups excluding carboxylic acids is 1. The number of amides is 1. The molecule has 0 aliphatic carbocycles. The molecule has 0 aliphatic rings. The van der Waals surface area contributed by atoms with Crippen LogP contribution in [0, 0.1) is 5.82 Å². The normalized spacial score (nSPS) is 10.5. The SMILES string of the molecule is Cn1c(COc2ccccc2)nnc1SCC(=O)Nc1ccc(F)cc1. The van der Waals surface area contributed by atoms with Crippen molar-refractivity contribution in [1.29, 1.82) is 0 Å². The number of aromatic nitrogens is 3. The predicted octanol–water partition coefficient (Wildman–Crippen LogP) is 3.26. The molecule has 1 aromatic heterocycles. The second kappa shape index (κ2) is 8.48. The van der Waals surface area contributed by atoms with Crippen molar-refractivity contribution >= 4 is 23.4 Å². The molecular weight excluding hydrogens is 355 g/mol. The fourth-order valence-corrected chi connectivity index (χ4v) is 2.85. The summed E-state index contributed by atoms with van der Waals surface area (Å²) in [6, 6.07) is 15.1. The molecule has 0 aliphatic heterocycles. The van der Waals surface area contributed by atoms with E-state index >= 15 is 0 Å². The molecule has 26 heavy (non-hydrogen) atoms. The van der Waals surface area contributed by atoms with Crippen molar-refractivity contribution in [2.24, 2.45) is 7.05 Å². The number of nitrogens with zero attached hydrogens (tertiary/aromatic N) is 3. The molecule has 3 aromatic rings. The van der Waals surface area contributed by atoms with Crippen LogP contribution in [-0.2, 0) is 18.4 Å². The van der Waals surface area contributed by atoms with Crippen molar-refractivity contribution in [3.8, 4) is 5.75 Å². The second-order valence-electron chi connectivity index (χ2n) is 5.40. The smallest absolute Gasteiger partial charge is 0.234 e. The Morgan fingerprint density at radius 1 is 1.15 bits per heavy atom. The largest absolute Gasteiger partial charge is 0.486 e. The Hall–Kier alpha value is -2.87. The summed E-state index contributed by atoms with van der Waals surface area (Å²) in [5.74, 6) is 1.04. The number of ether oxygens (including phenoxy) is 1. The molecule has 6 nitrogen and oxygen atoms in total. The van der Waals surface area contributed by atoms with E-state index in [9.17, 15) is 9.18 Å². The van der Waals surface area contributed by atoms with Gasteiger partial charge in [0.25, 0.3) is 0 Å². The van der Waals surface area contributed by atoms with E-state index in [0.29, 0.717) is 16.7 Å². The minimum atomic E-state index is -0.346. The van der Waals surface area contributed by atoms with Crippen LogP contribution in [0.25, 0.3) is 0 Å². The highest BCUT2D eigenvalue weighted by Gasteiger charge is 2.12. The summed E-state index contributed by atoms with van der Waals surface area (Å²) in [5, 5.41) is 11.5. The van der Waals surface area contributed by atoms with Gasteiger partial charge in [0.2, 0.25) is 5.91 Å². The topological polar surface area (TPSA) is 69.0 Å². The molecule has 1 amide bonds. The van der Waals surface area contributed by atoms with E-state index in [1.807, 2.05) is 37.4 Å².